The molecule has 0 bridgehead atoms. The largest absolute Gasteiger partial charge is 0.476 e. The van der Waals surface area contributed by atoms with Crippen LogP contribution >= 0.6 is 17.6 Å². The fourth-order valence-electron chi connectivity index (χ4n) is 7.80. The number of allylic oxidation sites excluding steroid dienone is 2. The van der Waals surface area contributed by atoms with Crippen molar-refractivity contribution >= 4 is 23.2 Å². The number of hydrogen-bond acceptors (Lipinski definition) is 2. The average molecular weight is 774 g/mol. The Kier molecular flexibility index (Phi) is 11.5. The molecule has 7 rings (SSSR count). The van der Waals surface area contributed by atoms with Crippen molar-refractivity contribution in [3.05, 3.63) is 178 Å². The molecule has 4 heteroatoms. The van der Waals surface area contributed by atoms with Gasteiger partial charge in [-0.3, -0.25) is 0 Å². The Morgan fingerprint density at radius 2 is 0.946 bits per heavy atom. The molecule has 0 aliphatic heterocycles. The molecule has 0 aromatic heterocycles. The fourth-order valence-corrected chi connectivity index (χ4v) is 9.57. The van der Waals surface area contributed by atoms with Gasteiger partial charge in [-0.15, -0.1) is 0 Å². The van der Waals surface area contributed by atoms with E-state index in [2.05, 4.69) is 197 Å². The third-order valence-electron chi connectivity index (χ3n) is 10.7. The molecule has 2 nitrogen and oxygen atoms in total. The van der Waals surface area contributed by atoms with E-state index in [9.17, 15) is 0 Å². The van der Waals surface area contributed by atoms with Gasteiger partial charge in [-0.25, -0.2) is 0 Å². The van der Waals surface area contributed by atoms with Crippen molar-refractivity contribution in [2.45, 2.75) is 86.2 Å². The molecule has 0 amide bonds. The first-order valence-corrected chi connectivity index (χ1v) is 21.7. The van der Waals surface area contributed by atoms with Crippen LogP contribution in [-0.4, -0.2) is 0 Å². The van der Waals surface area contributed by atoms with Crippen LogP contribution in [0.2, 0.25) is 0 Å². The van der Waals surface area contributed by atoms with Gasteiger partial charge in [-0.2, -0.15) is 0 Å². The van der Waals surface area contributed by atoms with Gasteiger partial charge < -0.3 is 9.05 Å². The zero-order valence-corrected chi connectivity index (χ0v) is 36.6. The van der Waals surface area contributed by atoms with Crippen LogP contribution in [0.4, 0.5) is 0 Å². The highest BCUT2D eigenvalue weighted by Gasteiger charge is 2.34. The molecule has 1 aliphatic carbocycles. The Morgan fingerprint density at radius 1 is 0.482 bits per heavy atom. The van der Waals surface area contributed by atoms with Crippen LogP contribution in [0.3, 0.4) is 0 Å². The predicted octanol–water partition coefficient (Wildman–Crippen LogP) is 15.3. The SMILES string of the molecule is Cc1cc(-c2cc(C)cc(C(C)(C)C)c2C2=C(POc3ccccc3-c3ccccc3C)[CH]2)c(CPOc2ccccc2-c2ccccc2C)c(C(C)(C)C)c1. The summed E-state index contributed by atoms with van der Waals surface area (Å²) in [6, 6.07) is 43.7. The fraction of sp³-hybridized carbons (Fsp3) is 0.250. The molecule has 1 radical (unpaired) electrons. The monoisotopic (exact) mass is 773 g/mol. The number of hydrogen-bond donors (Lipinski definition) is 0. The molecule has 0 heterocycles. The van der Waals surface area contributed by atoms with E-state index in [1.807, 2.05) is 0 Å². The number of benzene rings is 6. The molecule has 6 aromatic carbocycles. The Labute approximate surface area is 339 Å². The first kappa shape index (κ1) is 39.7. The summed E-state index contributed by atoms with van der Waals surface area (Å²) in [5.74, 6) is 1.86. The summed E-state index contributed by atoms with van der Waals surface area (Å²) < 4.78 is 13.5. The average Bonchev–Trinajstić information content (AvgIpc) is 3.93. The summed E-state index contributed by atoms with van der Waals surface area (Å²) in [6.45, 7) is 22.9. The maximum absolute atomic E-state index is 6.77. The first-order valence-electron chi connectivity index (χ1n) is 19.7. The number of aryl methyl sites for hydroxylation is 4. The van der Waals surface area contributed by atoms with E-state index in [1.54, 1.807) is 0 Å². The standard InChI is InChI=1S/C52H55O2P2/c1-33-27-41(44(45(29-33)51(5,6)7)32-55-53-47-25-17-15-23-39(47)37-21-13-11-19-35(37)3)42-28-34(2)30-46(52(8,9)10)50(42)43-31-49(43)56-54-48-26-18-16-24-40(48)38-22-14-12-20-36(38)4/h11-31,55-56H,32H2,1-10H3. The minimum atomic E-state index is -0.0625. The molecule has 1 aliphatic rings. The van der Waals surface area contributed by atoms with Gasteiger partial charge >= 0.3 is 0 Å². The molecule has 2 unspecified atom stereocenters. The van der Waals surface area contributed by atoms with Gasteiger partial charge in [0.15, 0.2) is 0 Å². The van der Waals surface area contributed by atoms with Crippen molar-refractivity contribution in [2.24, 2.45) is 0 Å². The van der Waals surface area contributed by atoms with Crippen molar-refractivity contribution in [1.29, 1.82) is 0 Å². The second-order valence-electron chi connectivity index (χ2n) is 17.3. The van der Waals surface area contributed by atoms with Gasteiger partial charge in [0.25, 0.3) is 0 Å². The van der Waals surface area contributed by atoms with Gasteiger partial charge in [-0.05, 0) is 112 Å². The minimum absolute atomic E-state index is 0.0493. The van der Waals surface area contributed by atoms with Crippen molar-refractivity contribution in [2.75, 3.05) is 0 Å². The van der Waals surface area contributed by atoms with Crippen molar-refractivity contribution in [3.8, 4) is 44.9 Å². The predicted molar refractivity (Wildman–Crippen MR) is 245 cm³/mol. The molecular weight excluding hydrogens is 719 g/mol. The molecular formula is C52H55O2P2. The van der Waals surface area contributed by atoms with Gasteiger partial charge in [-0.1, -0.05) is 162 Å². The van der Waals surface area contributed by atoms with E-state index < -0.39 is 0 Å². The van der Waals surface area contributed by atoms with Crippen LogP contribution in [0.5, 0.6) is 11.5 Å². The minimum Gasteiger partial charge on any atom is -0.476 e. The molecule has 0 saturated carbocycles. The van der Waals surface area contributed by atoms with E-state index in [4.69, 9.17) is 9.05 Å². The van der Waals surface area contributed by atoms with Crippen LogP contribution in [0.1, 0.15) is 86.1 Å². The van der Waals surface area contributed by atoms with Crippen molar-refractivity contribution in [1.82, 2.24) is 0 Å². The second-order valence-corrected chi connectivity index (χ2v) is 19.1. The Morgan fingerprint density at radius 3 is 1.48 bits per heavy atom. The van der Waals surface area contributed by atoms with Crippen LogP contribution < -0.4 is 9.05 Å². The lowest BCUT2D eigenvalue weighted by Crippen LogP contribution is -2.17. The van der Waals surface area contributed by atoms with Gasteiger partial charge in [0, 0.05) is 29.0 Å². The molecule has 56 heavy (non-hydrogen) atoms. The van der Waals surface area contributed by atoms with Crippen molar-refractivity contribution in [3.63, 3.8) is 0 Å². The quantitative estimate of drug-likeness (QED) is 0.122. The van der Waals surface area contributed by atoms with Crippen molar-refractivity contribution < 1.29 is 9.05 Å². The normalized spacial score (nSPS) is 13.3. The maximum Gasteiger partial charge on any atom is 0.131 e. The van der Waals surface area contributed by atoms with E-state index in [0.717, 1.165) is 28.8 Å². The molecule has 285 valence electrons. The molecule has 6 aromatic rings. The zero-order chi connectivity index (χ0) is 39.8. The highest BCUT2D eigenvalue weighted by Crippen LogP contribution is 2.56. The van der Waals surface area contributed by atoms with Crippen LogP contribution in [-0.2, 0) is 17.0 Å². The van der Waals surface area contributed by atoms with E-state index >= 15 is 0 Å². The van der Waals surface area contributed by atoms with E-state index in [-0.39, 0.29) is 28.4 Å². The highest BCUT2D eigenvalue weighted by atomic mass is 31.1. The summed E-state index contributed by atoms with van der Waals surface area (Å²) in [4.78, 5) is 0. The summed E-state index contributed by atoms with van der Waals surface area (Å²) in [7, 11) is 0.466. The Hall–Kier alpha value is -4.48. The van der Waals surface area contributed by atoms with Crippen LogP contribution in [0.15, 0.2) is 127 Å². The highest BCUT2D eigenvalue weighted by molar-refractivity contribution is 7.39. The zero-order valence-electron chi connectivity index (χ0n) is 34.6. The lowest BCUT2D eigenvalue weighted by atomic mass is 9.76. The maximum atomic E-state index is 6.77. The summed E-state index contributed by atoms with van der Waals surface area (Å²) in [6.07, 6.45) is 3.17. The Balaban J connectivity index is 1.29. The summed E-state index contributed by atoms with van der Waals surface area (Å²) >= 11 is 0. The van der Waals surface area contributed by atoms with E-state index in [0.29, 0.717) is 0 Å². The molecule has 0 fully saturated rings. The smallest absolute Gasteiger partial charge is 0.131 e. The van der Waals surface area contributed by atoms with Gasteiger partial charge in [0.1, 0.15) is 20.3 Å². The number of para-hydroxylation sites is 2. The molecule has 0 N–H and O–H groups in total. The number of rotatable bonds is 11. The lowest BCUT2D eigenvalue weighted by molar-refractivity contribution is 0.583. The Bertz CT molecular complexity index is 2440. The second kappa shape index (κ2) is 16.2. The molecule has 0 spiro atoms. The molecule has 0 saturated heterocycles. The summed E-state index contributed by atoms with van der Waals surface area (Å²) in [5, 5.41) is 1.28. The third kappa shape index (κ3) is 8.59. The van der Waals surface area contributed by atoms with Crippen LogP contribution in [0, 0.1) is 34.1 Å². The van der Waals surface area contributed by atoms with Gasteiger partial charge in [0.05, 0.1) is 8.81 Å². The third-order valence-corrected chi connectivity index (χ3v) is 12.5. The van der Waals surface area contributed by atoms with Gasteiger partial charge in [0.2, 0.25) is 0 Å². The molecule has 2 atom stereocenters. The lowest BCUT2D eigenvalue weighted by Gasteiger charge is -2.29. The summed E-state index contributed by atoms with van der Waals surface area (Å²) in [5.41, 5.74) is 19.0. The van der Waals surface area contributed by atoms with Crippen LogP contribution in [0.25, 0.3) is 39.0 Å². The van der Waals surface area contributed by atoms with E-state index in [1.165, 1.54) is 77.6 Å². The first-order chi connectivity index (χ1) is 26.7. The topological polar surface area (TPSA) is 18.5 Å².